The first kappa shape index (κ1) is 65.9. The van der Waals surface area contributed by atoms with E-state index in [2.05, 4.69) is 84.0 Å². The van der Waals surface area contributed by atoms with Crippen molar-refractivity contribution in [2.45, 2.75) is 260 Å². The second kappa shape index (κ2) is 33.8. The van der Waals surface area contributed by atoms with E-state index < -0.39 is 11.6 Å². The molecule has 7 aromatic heterocycles. The highest BCUT2D eigenvalue weighted by Gasteiger charge is 2.29. The lowest BCUT2D eigenvalue weighted by molar-refractivity contribution is 0.404. The predicted molar refractivity (Wildman–Crippen MR) is 378 cm³/mol. The van der Waals surface area contributed by atoms with Crippen molar-refractivity contribution in [3.8, 4) is 51.5 Å². The average Bonchev–Trinajstić information content (AvgIpc) is 1.81. The van der Waals surface area contributed by atoms with E-state index in [9.17, 15) is 0 Å². The molecule has 11 heteroatoms. The maximum atomic E-state index is 17.2. The molecule has 0 amide bonds. The Labute approximate surface area is 534 Å². The third kappa shape index (κ3) is 17.4. The largest absolute Gasteiger partial charge is 0.203 e. The molecule has 0 N–H and O–H groups in total. The number of fused-ring (bicyclic) bond motifs is 3. The number of unbranched alkanes of at least 4 members (excludes halogenated alkanes) is 21. The van der Waals surface area contributed by atoms with Gasteiger partial charge in [-0.25, -0.2) is 8.78 Å². The van der Waals surface area contributed by atoms with E-state index in [-0.39, 0.29) is 11.1 Å². The van der Waals surface area contributed by atoms with Gasteiger partial charge in [0.15, 0.2) is 11.6 Å². The Balaban J connectivity index is 1.11. The van der Waals surface area contributed by atoms with Crippen LogP contribution >= 0.6 is 68.0 Å². The zero-order valence-electron chi connectivity index (χ0n) is 52.8. The number of nitrogens with zero attached hydrogens (tertiary/aromatic N) is 3. The van der Waals surface area contributed by atoms with Gasteiger partial charge >= 0.3 is 0 Å². The molecule has 0 aliphatic heterocycles. The van der Waals surface area contributed by atoms with Gasteiger partial charge in [0.2, 0.25) is 0 Å². The number of hydrogen-bond donors (Lipinski definition) is 0. The van der Waals surface area contributed by atoms with Gasteiger partial charge in [-0.2, -0.15) is 15.0 Å². The molecule has 0 aliphatic carbocycles. The molecule has 0 spiro atoms. The van der Waals surface area contributed by atoms with Crippen LogP contribution in [0.5, 0.6) is 0 Å². The van der Waals surface area contributed by atoms with Gasteiger partial charge in [-0.1, -0.05) is 221 Å². The molecule has 0 radical (unpaired) electrons. The zero-order chi connectivity index (χ0) is 59.5. The predicted octanol–water partition coefficient (Wildman–Crippen LogP) is 27.5. The van der Waals surface area contributed by atoms with Crippen LogP contribution < -0.4 is 0 Å². The number of benzene rings is 2. The molecule has 0 bridgehead atoms. The molecule has 2 atom stereocenters. The number of hydrogen-bond acceptors (Lipinski definition) is 8. The topological polar surface area (TPSA) is 30.7 Å². The highest BCUT2D eigenvalue weighted by Crippen LogP contribution is 2.54. The van der Waals surface area contributed by atoms with E-state index in [1.807, 2.05) is 70.5 Å². The van der Waals surface area contributed by atoms with Crippen molar-refractivity contribution in [1.29, 1.82) is 0 Å². The minimum Gasteiger partial charge on any atom is -0.203 e. The summed E-state index contributed by atoms with van der Waals surface area (Å²) in [6, 6.07) is 22.7. The molecule has 0 fully saturated rings. The highest BCUT2D eigenvalue weighted by atomic mass is 32.1. The molecule has 85 heavy (non-hydrogen) atoms. The SMILES string of the molecule is CCCCCCCCC(CCCCCC)Cc1ccc(-c2c3cc(-c4ccc(-c5c(F)c(F)c(-c6ccc(C)s6)c6nn(CCCCCCCC)nc56)s4)sc3c(-c3ccc(CC(CCCCCC)CCCCCCCC)s3)c3cc(C)sc23)s1. The molecule has 7 heterocycles. The molecule has 0 saturated carbocycles. The summed E-state index contributed by atoms with van der Waals surface area (Å²) in [4.78, 5) is 13.4. The molecule has 9 rings (SSSR count). The summed E-state index contributed by atoms with van der Waals surface area (Å²) in [5.74, 6) is -0.259. The monoisotopic (exact) mass is 1260 g/mol. The second-order valence-corrected chi connectivity index (χ2v) is 31.9. The smallest absolute Gasteiger partial charge is 0.170 e. The zero-order valence-corrected chi connectivity index (χ0v) is 57.7. The van der Waals surface area contributed by atoms with E-state index in [4.69, 9.17) is 10.2 Å². The number of thiophene rings is 6. The molecule has 2 unspecified atom stereocenters. The maximum absolute atomic E-state index is 17.2. The molecule has 0 saturated heterocycles. The van der Waals surface area contributed by atoms with Crippen molar-refractivity contribution < 1.29 is 8.78 Å². The minimum atomic E-state index is -0.850. The Morgan fingerprint density at radius 3 is 1.24 bits per heavy atom. The van der Waals surface area contributed by atoms with E-state index in [0.717, 1.165) is 52.2 Å². The molecule has 9 aromatic rings. The number of aromatic nitrogens is 3. The van der Waals surface area contributed by atoms with E-state index in [0.29, 0.717) is 27.3 Å². The Morgan fingerprint density at radius 2 is 0.753 bits per heavy atom. The summed E-state index contributed by atoms with van der Waals surface area (Å²) in [6.07, 6.45) is 41.2. The molecule has 460 valence electrons. The first-order valence-corrected chi connectivity index (χ1v) is 38.6. The Kier molecular flexibility index (Phi) is 26.2. The summed E-state index contributed by atoms with van der Waals surface area (Å²) in [5.41, 5.74) is 4.02. The molecular weight excluding hydrogens is 1160 g/mol. The second-order valence-electron chi connectivity index (χ2n) is 24.9. The number of aryl methyl sites for hydroxylation is 3. The van der Waals surface area contributed by atoms with Gasteiger partial charge in [0.1, 0.15) is 11.0 Å². The van der Waals surface area contributed by atoms with Crippen LogP contribution in [0.25, 0.3) is 82.7 Å². The normalized spacial score (nSPS) is 12.8. The lowest BCUT2D eigenvalue weighted by Gasteiger charge is -2.16. The van der Waals surface area contributed by atoms with Gasteiger partial charge < -0.3 is 0 Å². The lowest BCUT2D eigenvalue weighted by atomic mass is 9.91. The van der Waals surface area contributed by atoms with Gasteiger partial charge in [-0.15, -0.1) is 68.0 Å². The van der Waals surface area contributed by atoms with Crippen LogP contribution in [-0.4, -0.2) is 15.0 Å². The van der Waals surface area contributed by atoms with Crippen LogP contribution in [0.4, 0.5) is 8.78 Å². The first-order valence-electron chi connectivity index (χ1n) is 33.7. The first-order chi connectivity index (χ1) is 41.6. The highest BCUT2D eigenvalue weighted by molar-refractivity contribution is 7.28. The van der Waals surface area contributed by atoms with Gasteiger partial charge in [-0.05, 0) is 106 Å². The Hall–Kier alpha value is -3.58. The minimum absolute atomic E-state index is 0.214. The van der Waals surface area contributed by atoms with Crippen molar-refractivity contribution in [1.82, 2.24) is 15.0 Å². The maximum Gasteiger partial charge on any atom is 0.170 e. The van der Waals surface area contributed by atoms with E-state index in [1.54, 1.807) is 16.1 Å². The van der Waals surface area contributed by atoms with Crippen LogP contribution in [-0.2, 0) is 19.4 Å². The summed E-state index contributed by atoms with van der Waals surface area (Å²) in [6.45, 7) is 16.4. The Bertz CT molecular complexity index is 3320. The third-order valence-corrected chi connectivity index (χ3v) is 24.6. The summed E-state index contributed by atoms with van der Waals surface area (Å²) in [7, 11) is 0. The molecular formula is C74H99F2N3S6. The van der Waals surface area contributed by atoms with Crippen molar-refractivity contribution in [3.63, 3.8) is 0 Å². The van der Waals surface area contributed by atoms with Crippen LogP contribution in [0.3, 0.4) is 0 Å². The van der Waals surface area contributed by atoms with Crippen molar-refractivity contribution in [3.05, 3.63) is 91.8 Å². The third-order valence-electron chi connectivity index (χ3n) is 17.8. The van der Waals surface area contributed by atoms with Crippen LogP contribution in [0.15, 0.2) is 60.7 Å². The molecule has 0 aliphatic rings. The fraction of sp³-hybridized carbons (Fsp3) is 0.568. The quantitative estimate of drug-likeness (QED) is 0.0358. The van der Waals surface area contributed by atoms with Crippen molar-refractivity contribution >= 4 is 99.2 Å². The molecule has 2 aromatic carbocycles. The van der Waals surface area contributed by atoms with E-state index in [1.165, 1.54) is 247 Å². The number of halogens is 2. The Morgan fingerprint density at radius 1 is 0.365 bits per heavy atom. The van der Waals surface area contributed by atoms with Crippen molar-refractivity contribution in [2.24, 2.45) is 11.8 Å². The van der Waals surface area contributed by atoms with Gasteiger partial charge in [0, 0.05) is 80.1 Å². The van der Waals surface area contributed by atoms with Gasteiger partial charge in [0.05, 0.1) is 17.7 Å². The van der Waals surface area contributed by atoms with E-state index >= 15 is 8.78 Å². The van der Waals surface area contributed by atoms with Gasteiger partial charge in [0.25, 0.3) is 0 Å². The fourth-order valence-corrected chi connectivity index (χ4v) is 19.9. The standard InChI is InChI=1S/C74H99F2N3S6/c1-8-13-18-23-26-31-36-53(34-29-21-16-11-4)48-55-39-42-60(82-55)65-57-47-52(7)81-73(57)66(61-43-40-56(83-61)49-54(35-30-22-17-12-5)37-32-27-24-19-14-9-2)58-50-64(85-74(58)65)59-44-45-63(84-59)68-70(76)69(75)67(62-41-38-51(6)80-62)71-72(68)78-79(77-71)46-33-28-25-20-15-10-3/h38-45,47,50,53-54H,8-37,46,48-49H2,1-7H3. The summed E-state index contributed by atoms with van der Waals surface area (Å²) >= 11 is 10.9. The fourth-order valence-electron chi connectivity index (χ4n) is 13.0. The summed E-state index contributed by atoms with van der Waals surface area (Å²) < 4.78 is 36.8. The van der Waals surface area contributed by atoms with Crippen molar-refractivity contribution in [2.75, 3.05) is 0 Å². The van der Waals surface area contributed by atoms with Gasteiger partial charge in [-0.3, -0.25) is 0 Å². The number of rotatable bonds is 40. The van der Waals surface area contributed by atoms with Crippen LogP contribution in [0.2, 0.25) is 0 Å². The summed E-state index contributed by atoms with van der Waals surface area (Å²) in [5, 5.41) is 12.6. The average molecular weight is 1260 g/mol. The molecule has 3 nitrogen and oxygen atoms in total. The van der Waals surface area contributed by atoms with Crippen LogP contribution in [0, 0.1) is 37.3 Å². The lowest BCUT2D eigenvalue weighted by Crippen LogP contribution is -2.04. The van der Waals surface area contributed by atoms with Crippen LogP contribution in [0.1, 0.15) is 247 Å².